The van der Waals surface area contributed by atoms with E-state index in [1.807, 2.05) is 0 Å². The molecule has 0 heterocycles. The van der Waals surface area contributed by atoms with E-state index in [-0.39, 0.29) is 23.4 Å². The summed E-state index contributed by atoms with van der Waals surface area (Å²) in [7, 11) is -4.67. The fourth-order valence-electron chi connectivity index (χ4n) is 0. The smallest absolute Gasteiger partial charge is 0.394 e. The highest BCUT2D eigenvalue weighted by Crippen LogP contribution is 1.59. The normalized spacial score (nSPS) is 7.25. The summed E-state index contributed by atoms with van der Waals surface area (Å²) in [6.45, 7) is 0. The van der Waals surface area contributed by atoms with Crippen molar-refractivity contribution in [1.82, 2.24) is 0 Å². The predicted molar refractivity (Wildman–Crippen MR) is 28.7 cm³/mol. The zero-order valence-electron chi connectivity index (χ0n) is 3.53. The second-order valence-electron chi connectivity index (χ2n) is 0.448. The van der Waals surface area contributed by atoms with E-state index in [2.05, 4.69) is 0 Å². The van der Waals surface area contributed by atoms with Crippen molar-refractivity contribution in [2.24, 2.45) is 0 Å². The standard InChI is InChI=1S/ClH.H2O4S.2H2O/c;1-5(2,3)4;;/h1H;(H2,1,2,3,4);2*1H2. The minimum absolute atomic E-state index is 0. The fraction of sp³-hybridized carbons (Fsp3) is 0. The molecule has 0 fully saturated rings. The van der Waals surface area contributed by atoms with Crippen LogP contribution in [0.3, 0.4) is 0 Å². The maximum atomic E-state index is 8.74. The van der Waals surface area contributed by atoms with Crippen LogP contribution in [-0.4, -0.2) is 28.5 Å². The first kappa shape index (κ1) is 24.3. The van der Waals surface area contributed by atoms with Crippen molar-refractivity contribution in [2.75, 3.05) is 0 Å². The van der Waals surface area contributed by atoms with Crippen molar-refractivity contribution in [1.29, 1.82) is 0 Å². The molecule has 8 heteroatoms. The van der Waals surface area contributed by atoms with Gasteiger partial charge in [-0.1, -0.05) is 0 Å². The molecule has 0 rings (SSSR count). The molecule has 0 aliphatic rings. The SMILES string of the molecule is Cl.O.O.O=S(=O)(O)O. The summed E-state index contributed by atoms with van der Waals surface area (Å²) in [6, 6.07) is 0. The van der Waals surface area contributed by atoms with Crippen LogP contribution >= 0.6 is 12.4 Å². The highest BCUT2D eigenvalue weighted by atomic mass is 35.5. The van der Waals surface area contributed by atoms with Gasteiger partial charge in [-0.2, -0.15) is 8.42 Å². The summed E-state index contributed by atoms with van der Waals surface area (Å²) in [5, 5.41) is 0. The van der Waals surface area contributed by atoms with Crippen LogP contribution in [0.15, 0.2) is 0 Å². The Morgan fingerprint density at radius 3 is 1.00 bits per heavy atom. The van der Waals surface area contributed by atoms with Crippen molar-refractivity contribution in [3.05, 3.63) is 0 Å². The molecule has 6 N–H and O–H groups in total. The molecule has 56 valence electrons. The van der Waals surface area contributed by atoms with Gasteiger partial charge in [-0.15, -0.1) is 12.4 Å². The van der Waals surface area contributed by atoms with E-state index in [4.69, 9.17) is 17.5 Å². The van der Waals surface area contributed by atoms with Gasteiger partial charge in [0.05, 0.1) is 0 Å². The Bertz CT molecular complexity index is 91.7. The predicted octanol–water partition coefficient (Wildman–Crippen LogP) is -1.88. The topological polar surface area (TPSA) is 138 Å². The highest BCUT2D eigenvalue weighted by Gasteiger charge is 1.84. The number of hydrogen-bond donors (Lipinski definition) is 2. The molecule has 0 aromatic heterocycles. The molecule has 0 spiro atoms. The quantitative estimate of drug-likeness (QED) is 0.411. The fourth-order valence-corrected chi connectivity index (χ4v) is 0. The maximum absolute atomic E-state index is 8.74. The average Bonchev–Trinajstić information content (AvgIpc) is 0.722. The zero-order chi connectivity index (χ0) is 4.50. The largest absolute Gasteiger partial charge is 0.412 e. The molecule has 0 bridgehead atoms. The van der Waals surface area contributed by atoms with E-state index in [0.29, 0.717) is 0 Å². The number of rotatable bonds is 0. The van der Waals surface area contributed by atoms with E-state index in [0.717, 1.165) is 0 Å². The molecule has 0 amide bonds. The third kappa shape index (κ3) is 24500. The second kappa shape index (κ2) is 7.08. The van der Waals surface area contributed by atoms with Crippen LogP contribution < -0.4 is 0 Å². The Morgan fingerprint density at radius 2 is 1.00 bits per heavy atom. The summed E-state index contributed by atoms with van der Waals surface area (Å²) < 4.78 is 31.6. The van der Waals surface area contributed by atoms with E-state index >= 15 is 0 Å². The zero-order valence-corrected chi connectivity index (χ0v) is 5.16. The second-order valence-corrected chi connectivity index (χ2v) is 1.34. The van der Waals surface area contributed by atoms with Crippen LogP contribution in [0, 0.1) is 0 Å². The Labute approximate surface area is 52.1 Å². The molecule has 0 aliphatic carbocycles. The summed E-state index contributed by atoms with van der Waals surface area (Å²) in [5.41, 5.74) is 0. The van der Waals surface area contributed by atoms with Gasteiger partial charge < -0.3 is 11.0 Å². The van der Waals surface area contributed by atoms with Gasteiger partial charge in [-0.3, -0.25) is 9.11 Å². The summed E-state index contributed by atoms with van der Waals surface area (Å²) in [5.74, 6) is 0. The Balaban J connectivity index is -0.0000000267. The van der Waals surface area contributed by atoms with E-state index in [1.165, 1.54) is 0 Å². The minimum atomic E-state index is -4.67. The molecule has 0 aliphatic heterocycles. The third-order valence-electron chi connectivity index (χ3n) is 0. The molecule has 0 unspecified atom stereocenters. The molecule has 8 heavy (non-hydrogen) atoms. The van der Waals surface area contributed by atoms with Crippen molar-refractivity contribution in [3.63, 3.8) is 0 Å². The van der Waals surface area contributed by atoms with Gasteiger partial charge in [0.1, 0.15) is 0 Å². The van der Waals surface area contributed by atoms with Gasteiger partial charge in [-0.25, -0.2) is 0 Å². The van der Waals surface area contributed by atoms with Gasteiger partial charge in [0.15, 0.2) is 0 Å². The van der Waals surface area contributed by atoms with Gasteiger partial charge in [0.25, 0.3) is 0 Å². The van der Waals surface area contributed by atoms with Gasteiger partial charge in [0, 0.05) is 0 Å². The summed E-state index contributed by atoms with van der Waals surface area (Å²) >= 11 is 0. The lowest BCUT2D eigenvalue weighted by molar-refractivity contribution is 0.381. The average molecular weight is 171 g/mol. The lowest BCUT2D eigenvalue weighted by Crippen LogP contribution is -1.89. The monoisotopic (exact) mass is 170 g/mol. The van der Waals surface area contributed by atoms with Crippen LogP contribution in [0.5, 0.6) is 0 Å². The van der Waals surface area contributed by atoms with Crippen LogP contribution in [0.1, 0.15) is 0 Å². The molecule has 0 radical (unpaired) electrons. The van der Waals surface area contributed by atoms with E-state index in [9.17, 15) is 0 Å². The molecular weight excluding hydrogens is 164 g/mol. The highest BCUT2D eigenvalue weighted by molar-refractivity contribution is 7.79. The Hall–Kier alpha value is 0.0800. The van der Waals surface area contributed by atoms with E-state index in [1.54, 1.807) is 0 Å². The van der Waals surface area contributed by atoms with Crippen LogP contribution in [-0.2, 0) is 10.4 Å². The van der Waals surface area contributed by atoms with Crippen LogP contribution in [0.4, 0.5) is 0 Å². The lowest BCUT2D eigenvalue weighted by Gasteiger charge is -1.68. The van der Waals surface area contributed by atoms with Crippen LogP contribution in [0.2, 0.25) is 0 Å². The minimum Gasteiger partial charge on any atom is -0.412 e. The first-order chi connectivity index (χ1) is 2.00. The van der Waals surface area contributed by atoms with Crippen molar-refractivity contribution in [3.8, 4) is 0 Å². The van der Waals surface area contributed by atoms with Gasteiger partial charge >= 0.3 is 10.4 Å². The summed E-state index contributed by atoms with van der Waals surface area (Å²) in [4.78, 5) is 0. The van der Waals surface area contributed by atoms with Crippen LogP contribution in [0.25, 0.3) is 0 Å². The molecule has 0 aromatic carbocycles. The molecule has 0 saturated carbocycles. The molecule has 0 atom stereocenters. The Morgan fingerprint density at radius 1 is 1.00 bits per heavy atom. The van der Waals surface area contributed by atoms with Crippen molar-refractivity contribution >= 4 is 22.8 Å². The Kier molecular flexibility index (Phi) is 21.5. The first-order valence-corrected chi connectivity index (χ1v) is 2.10. The number of hydrogen-bond acceptors (Lipinski definition) is 2. The third-order valence-corrected chi connectivity index (χ3v) is 0. The maximum Gasteiger partial charge on any atom is 0.394 e. The van der Waals surface area contributed by atoms with E-state index < -0.39 is 10.4 Å². The van der Waals surface area contributed by atoms with Gasteiger partial charge in [0.2, 0.25) is 0 Å². The number of halogens is 1. The van der Waals surface area contributed by atoms with Crippen molar-refractivity contribution in [2.45, 2.75) is 0 Å². The van der Waals surface area contributed by atoms with Crippen molar-refractivity contribution < 1.29 is 28.5 Å². The first-order valence-electron chi connectivity index (χ1n) is 0.698. The molecular formula is H7ClO6S. The molecule has 0 aromatic rings. The van der Waals surface area contributed by atoms with Gasteiger partial charge in [-0.05, 0) is 0 Å². The lowest BCUT2D eigenvalue weighted by atomic mass is 15.8. The molecule has 0 saturated heterocycles. The summed E-state index contributed by atoms with van der Waals surface area (Å²) in [6.07, 6.45) is 0. The molecule has 6 nitrogen and oxygen atoms in total.